The Kier molecular flexibility index (Phi) is 5.72. The number of phenols is 1. The lowest BCUT2D eigenvalue weighted by atomic mass is 10.2. The normalized spacial score (nSPS) is 14.5. The Bertz CT molecular complexity index is 756. The number of thioether (sulfide) groups is 1. The zero-order valence-corrected chi connectivity index (χ0v) is 14.6. The Morgan fingerprint density at radius 3 is 2.80 bits per heavy atom. The first kappa shape index (κ1) is 17.5. The second-order valence-corrected chi connectivity index (χ2v) is 6.45. The van der Waals surface area contributed by atoms with Gasteiger partial charge < -0.3 is 14.7 Å². The van der Waals surface area contributed by atoms with Gasteiger partial charge in [0.15, 0.2) is 11.0 Å². The van der Waals surface area contributed by atoms with E-state index in [2.05, 4.69) is 16.8 Å². The van der Waals surface area contributed by atoms with Crippen molar-refractivity contribution < 1.29 is 14.6 Å². The molecule has 8 heteroatoms. The first-order valence-electron chi connectivity index (χ1n) is 8.01. The van der Waals surface area contributed by atoms with E-state index in [0.717, 1.165) is 0 Å². The number of aromatic nitrogens is 3. The standard InChI is InChI=1S/C17H20N4O3S/c1-2-7-21-16(13-5-3-4-6-14(13)22)18-19-17(21)25-12-15(23)20-8-10-24-11-9-20/h2-6,22H,1,7-12H2. The van der Waals surface area contributed by atoms with Crippen molar-refractivity contribution in [3.05, 3.63) is 36.9 Å². The number of allylic oxidation sites excluding steroid dienone is 1. The zero-order valence-electron chi connectivity index (χ0n) is 13.8. The van der Waals surface area contributed by atoms with Gasteiger partial charge in [-0.3, -0.25) is 9.36 Å². The van der Waals surface area contributed by atoms with Crippen LogP contribution >= 0.6 is 11.8 Å². The van der Waals surface area contributed by atoms with Gasteiger partial charge in [-0.05, 0) is 12.1 Å². The van der Waals surface area contributed by atoms with Crippen LogP contribution in [0, 0.1) is 0 Å². The number of para-hydroxylation sites is 1. The quantitative estimate of drug-likeness (QED) is 0.625. The first-order valence-corrected chi connectivity index (χ1v) is 9.00. The summed E-state index contributed by atoms with van der Waals surface area (Å²) in [5.41, 5.74) is 0.600. The maximum absolute atomic E-state index is 12.3. The fourth-order valence-corrected chi connectivity index (χ4v) is 3.43. The fraction of sp³-hybridized carbons (Fsp3) is 0.353. The fourth-order valence-electron chi connectivity index (χ4n) is 2.58. The van der Waals surface area contributed by atoms with Crippen LogP contribution in [0.15, 0.2) is 42.1 Å². The monoisotopic (exact) mass is 360 g/mol. The van der Waals surface area contributed by atoms with Gasteiger partial charge in [-0.2, -0.15) is 0 Å². The molecule has 0 atom stereocenters. The predicted molar refractivity (Wildman–Crippen MR) is 95.4 cm³/mol. The Morgan fingerprint density at radius 1 is 1.32 bits per heavy atom. The SMILES string of the molecule is C=CCn1c(SCC(=O)N2CCOCC2)nnc1-c1ccccc1O. The molecule has 1 aliphatic rings. The second kappa shape index (κ2) is 8.17. The number of aromatic hydroxyl groups is 1. The highest BCUT2D eigenvalue weighted by atomic mass is 32.2. The molecule has 0 unspecified atom stereocenters. The lowest BCUT2D eigenvalue weighted by molar-refractivity contribution is -0.132. The van der Waals surface area contributed by atoms with Crippen molar-refractivity contribution in [2.24, 2.45) is 0 Å². The molecule has 2 aromatic rings. The molecule has 2 heterocycles. The van der Waals surface area contributed by atoms with Gasteiger partial charge in [0.25, 0.3) is 0 Å². The number of rotatable bonds is 6. The highest BCUT2D eigenvalue weighted by Gasteiger charge is 2.20. The van der Waals surface area contributed by atoms with E-state index in [1.807, 2.05) is 10.6 Å². The molecule has 1 aromatic carbocycles. The molecule has 1 saturated heterocycles. The average Bonchev–Trinajstić information content (AvgIpc) is 3.04. The van der Waals surface area contributed by atoms with Crippen molar-refractivity contribution in [1.82, 2.24) is 19.7 Å². The van der Waals surface area contributed by atoms with E-state index < -0.39 is 0 Å². The Balaban J connectivity index is 1.76. The number of nitrogens with zero attached hydrogens (tertiary/aromatic N) is 4. The maximum Gasteiger partial charge on any atom is 0.233 e. The number of hydrogen-bond donors (Lipinski definition) is 1. The number of hydrogen-bond acceptors (Lipinski definition) is 6. The van der Waals surface area contributed by atoms with Crippen LogP contribution in [-0.4, -0.2) is 62.7 Å². The lowest BCUT2D eigenvalue weighted by Crippen LogP contribution is -2.41. The van der Waals surface area contributed by atoms with Gasteiger partial charge in [-0.15, -0.1) is 16.8 Å². The zero-order chi connectivity index (χ0) is 17.6. The Labute approximate surface area is 150 Å². The largest absolute Gasteiger partial charge is 0.507 e. The van der Waals surface area contributed by atoms with Gasteiger partial charge in [0.1, 0.15) is 5.75 Å². The minimum atomic E-state index is 0.0607. The molecule has 0 spiro atoms. The molecule has 25 heavy (non-hydrogen) atoms. The lowest BCUT2D eigenvalue weighted by Gasteiger charge is -2.26. The van der Waals surface area contributed by atoms with Crippen LogP contribution in [0.1, 0.15) is 0 Å². The Hall–Kier alpha value is -2.32. The van der Waals surface area contributed by atoms with Gasteiger partial charge in [0.2, 0.25) is 5.91 Å². The number of carbonyl (C=O) groups is 1. The molecule has 132 valence electrons. The highest BCUT2D eigenvalue weighted by molar-refractivity contribution is 7.99. The average molecular weight is 360 g/mol. The van der Waals surface area contributed by atoms with Crippen molar-refractivity contribution in [3.8, 4) is 17.1 Å². The van der Waals surface area contributed by atoms with Gasteiger partial charge in [-0.1, -0.05) is 30.0 Å². The van der Waals surface area contributed by atoms with E-state index in [9.17, 15) is 9.90 Å². The smallest absolute Gasteiger partial charge is 0.233 e. The molecular formula is C17H20N4O3S. The van der Waals surface area contributed by atoms with Gasteiger partial charge in [0.05, 0.1) is 24.5 Å². The van der Waals surface area contributed by atoms with E-state index in [-0.39, 0.29) is 17.4 Å². The molecule has 1 aromatic heterocycles. The predicted octanol–water partition coefficient (Wildman–Crippen LogP) is 1.79. The van der Waals surface area contributed by atoms with Crippen LogP contribution in [0.4, 0.5) is 0 Å². The summed E-state index contributed by atoms with van der Waals surface area (Å²) in [6, 6.07) is 6.98. The van der Waals surface area contributed by atoms with Crippen LogP contribution in [0.2, 0.25) is 0 Å². The maximum atomic E-state index is 12.3. The third-order valence-electron chi connectivity index (χ3n) is 3.86. The summed E-state index contributed by atoms with van der Waals surface area (Å²) in [7, 11) is 0. The van der Waals surface area contributed by atoms with Crippen LogP contribution in [0.25, 0.3) is 11.4 Å². The van der Waals surface area contributed by atoms with Crippen LogP contribution in [0.3, 0.4) is 0 Å². The molecule has 1 N–H and O–H groups in total. The van der Waals surface area contributed by atoms with Crippen LogP contribution in [-0.2, 0) is 16.1 Å². The Morgan fingerprint density at radius 2 is 2.08 bits per heavy atom. The first-order chi connectivity index (χ1) is 12.2. The van der Waals surface area contributed by atoms with E-state index in [1.54, 1.807) is 29.2 Å². The number of phenolic OH excluding ortho intramolecular Hbond substituents is 1. The summed E-state index contributed by atoms with van der Waals surface area (Å²) in [4.78, 5) is 14.1. The van der Waals surface area contributed by atoms with Gasteiger partial charge >= 0.3 is 0 Å². The number of ether oxygens (including phenoxy) is 1. The summed E-state index contributed by atoms with van der Waals surface area (Å²) >= 11 is 1.34. The number of morpholine rings is 1. The van der Waals surface area contributed by atoms with Crippen molar-refractivity contribution in [2.45, 2.75) is 11.7 Å². The molecule has 0 radical (unpaired) electrons. The molecular weight excluding hydrogens is 340 g/mol. The molecule has 1 aliphatic heterocycles. The molecule has 7 nitrogen and oxygen atoms in total. The van der Waals surface area contributed by atoms with Crippen molar-refractivity contribution >= 4 is 17.7 Å². The van der Waals surface area contributed by atoms with E-state index >= 15 is 0 Å². The summed E-state index contributed by atoms with van der Waals surface area (Å²) in [6.07, 6.45) is 1.74. The number of amides is 1. The second-order valence-electron chi connectivity index (χ2n) is 5.50. The van der Waals surface area contributed by atoms with Crippen LogP contribution < -0.4 is 0 Å². The summed E-state index contributed by atoms with van der Waals surface area (Å²) in [6.45, 7) is 6.68. The third kappa shape index (κ3) is 4.02. The number of benzene rings is 1. The molecule has 1 amide bonds. The van der Waals surface area contributed by atoms with Crippen molar-refractivity contribution in [3.63, 3.8) is 0 Å². The minimum absolute atomic E-state index is 0.0607. The molecule has 0 bridgehead atoms. The van der Waals surface area contributed by atoms with Crippen LogP contribution in [0.5, 0.6) is 5.75 Å². The summed E-state index contributed by atoms with van der Waals surface area (Å²) in [5, 5.41) is 19.1. The van der Waals surface area contributed by atoms with E-state index in [4.69, 9.17) is 4.74 Å². The molecule has 0 saturated carbocycles. The molecule has 1 fully saturated rings. The van der Waals surface area contributed by atoms with Crippen molar-refractivity contribution in [2.75, 3.05) is 32.1 Å². The van der Waals surface area contributed by atoms with E-state index in [1.165, 1.54) is 11.8 Å². The van der Waals surface area contributed by atoms with Gasteiger partial charge in [0, 0.05) is 19.6 Å². The van der Waals surface area contributed by atoms with Gasteiger partial charge in [-0.25, -0.2) is 0 Å². The third-order valence-corrected chi connectivity index (χ3v) is 4.81. The molecule has 0 aliphatic carbocycles. The topological polar surface area (TPSA) is 80.5 Å². The highest BCUT2D eigenvalue weighted by Crippen LogP contribution is 2.30. The minimum Gasteiger partial charge on any atom is -0.507 e. The summed E-state index contributed by atoms with van der Waals surface area (Å²) in [5.74, 6) is 1.04. The number of carbonyl (C=O) groups excluding carboxylic acids is 1. The summed E-state index contributed by atoms with van der Waals surface area (Å²) < 4.78 is 7.11. The van der Waals surface area contributed by atoms with Crippen molar-refractivity contribution in [1.29, 1.82) is 0 Å². The van der Waals surface area contributed by atoms with E-state index in [0.29, 0.717) is 49.4 Å². The molecule has 3 rings (SSSR count).